The number of nitrogens with zero attached hydrogens (tertiary/aromatic N) is 2. The Kier molecular flexibility index (Phi) is 5.06. The van der Waals surface area contributed by atoms with Crippen LogP contribution < -0.4 is 14.8 Å². The summed E-state index contributed by atoms with van der Waals surface area (Å²) in [5, 5.41) is 3.39. The second-order valence-electron chi connectivity index (χ2n) is 5.59. The van der Waals surface area contributed by atoms with Gasteiger partial charge in [0.05, 0.1) is 24.2 Å². The van der Waals surface area contributed by atoms with E-state index in [9.17, 15) is 0 Å². The van der Waals surface area contributed by atoms with Gasteiger partial charge in [0.15, 0.2) is 0 Å². The SMILES string of the molecule is CCOc1nc2ccccc2nc1OCCC1CCNCC1. The molecule has 1 saturated heterocycles. The van der Waals surface area contributed by atoms with Crippen molar-refractivity contribution in [2.24, 2.45) is 5.92 Å². The fourth-order valence-electron chi connectivity index (χ4n) is 2.79. The average Bonchev–Trinajstić information content (AvgIpc) is 2.56. The predicted molar refractivity (Wildman–Crippen MR) is 86.4 cm³/mol. The standard InChI is InChI=1S/C17H23N3O2/c1-2-21-16-17(20-15-6-4-3-5-14(15)19-16)22-12-9-13-7-10-18-11-8-13/h3-6,13,18H,2,7-12H2,1H3. The Morgan fingerprint density at radius 2 is 1.68 bits per heavy atom. The molecule has 0 spiro atoms. The first-order valence-corrected chi connectivity index (χ1v) is 8.10. The zero-order valence-corrected chi connectivity index (χ0v) is 13.0. The summed E-state index contributed by atoms with van der Waals surface area (Å²) >= 11 is 0. The van der Waals surface area contributed by atoms with E-state index < -0.39 is 0 Å². The summed E-state index contributed by atoms with van der Waals surface area (Å²) in [5.74, 6) is 1.74. The summed E-state index contributed by atoms with van der Waals surface area (Å²) in [6, 6.07) is 7.78. The molecule has 0 atom stereocenters. The monoisotopic (exact) mass is 301 g/mol. The van der Waals surface area contributed by atoms with E-state index in [-0.39, 0.29) is 0 Å². The Morgan fingerprint density at radius 3 is 2.32 bits per heavy atom. The molecule has 2 heterocycles. The van der Waals surface area contributed by atoms with Crippen LogP contribution in [0, 0.1) is 5.92 Å². The number of fused-ring (bicyclic) bond motifs is 1. The van der Waals surface area contributed by atoms with Crippen LogP contribution in [0.1, 0.15) is 26.2 Å². The number of benzene rings is 1. The van der Waals surface area contributed by atoms with E-state index in [0.29, 0.717) is 25.0 Å². The van der Waals surface area contributed by atoms with Crippen molar-refractivity contribution in [3.05, 3.63) is 24.3 Å². The van der Waals surface area contributed by atoms with E-state index in [1.807, 2.05) is 31.2 Å². The number of nitrogens with one attached hydrogen (secondary N) is 1. The molecular weight excluding hydrogens is 278 g/mol. The molecule has 2 aromatic rings. The molecule has 1 N–H and O–H groups in total. The van der Waals surface area contributed by atoms with Crippen LogP contribution in [0.25, 0.3) is 11.0 Å². The molecule has 0 saturated carbocycles. The lowest BCUT2D eigenvalue weighted by molar-refractivity contribution is 0.227. The van der Waals surface area contributed by atoms with E-state index >= 15 is 0 Å². The van der Waals surface area contributed by atoms with Crippen molar-refractivity contribution < 1.29 is 9.47 Å². The normalized spacial score (nSPS) is 15.9. The molecule has 1 aromatic heterocycles. The molecule has 22 heavy (non-hydrogen) atoms. The maximum Gasteiger partial charge on any atom is 0.278 e. The number of ether oxygens (including phenoxy) is 2. The quantitative estimate of drug-likeness (QED) is 0.889. The highest BCUT2D eigenvalue weighted by molar-refractivity contribution is 5.75. The number of para-hydroxylation sites is 2. The molecular formula is C17H23N3O2. The molecule has 5 heteroatoms. The van der Waals surface area contributed by atoms with Gasteiger partial charge in [0.1, 0.15) is 0 Å². The molecule has 1 aromatic carbocycles. The second-order valence-corrected chi connectivity index (χ2v) is 5.59. The second kappa shape index (κ2) is 7.40. The third-order valence-corrected chi connectivity index (χ3v) is 4.01. The van der Waals surface area contributed by atoms with Gasteiger partial charge >= 0.3 is 0 Å². The predicted octanol–water partition coefficient (Wildman–Crippen LogP) is 2.80. The van der Waals surface area contributed by atoms with Gasteiger partial charge in [-0.15, -0.1) is 0 Å². The fourth-order valence-corrected chi connectivity index (χ4v) is 2.79. The fraction of sp³-hybridized carbons (Fsp3) is 0.529. The third-order valence-electron chi connectivity index (χ3n) is 4.01. The topological polar surface area (TPSA) is 56.3 Å². The van der Waals surface area contributed by atoms with E-state index in [2.05, 4.69) is 15.3 Å². The van der Waals surface area contributed by atoms with E-state index in [4.69, 9.17) is 9.47 Å². The summed E-state index contributed by atoms with van der Waals surface area (Å²) in [6.07, 6.45) is 3.51. The molecule has 118 valence electrons. The highest BCUT2D eigenvalue weighted by Crippen LogP contribution is 2.26. The highest BCUT2D eigenvalue weighted by Gasteiger charge is 2.15. The van der Waals surface area contributed by atoms with Crippen LogP contribution in [0.2, 0.25) is 0 Å². The summed E-state index contributed by atoms with van der Waals surface area (Å²) < 4.78 is 11.5. The maximum atomic E-state index is 5.88. The van der Waals surface area contributed by atoms with Crippen LogP contribution in [-0.2, 0) is 0 Å². The van der Waals surface area contributed by atoms with Gasteiger partial charge in [-0.25, -0.2) is 9.97 Å². The third kappa shape index (κ3) is 3.65. The molecule has 0 radical (unpaired) electrons. The molecule has 1 fully saturated rings. The first-order chi connectivity index (χ1) is 10.9. The molecule has 3 rings (SSSR count). The van der Waals surface area contributed by atoms with Gasteiger partial charge in [-0.05, 0) is 57.3 Å². The van der Waals surface area contributed by atoms with Crippen molar-refractivity contribution >= 4 is 11.0 Å². The number of rotatable bonds is 6. The Labute approximate surface area is 131 Å². The van der Waals surface area contributed by atoms with Crippen molar-refractivity contribution in [3.8, 4) is 11.8 Å². The summed E-state index contributed by atoms with van der Waals surface area (Å²) in [5.41, 5.74) is 1.67. The van der Waals surface area contributed by atoms with Crippen LogP contribution >= 0.6 is 0 Å². The molecule has 5 nitrogen and oxygen atoms in total. The number of hydrogen-bond acceptors (Lipinski definition) is 5. The van der Waals surface area contributed by atoms with Crippen molar-refractivity contribution in [2.75, 3.05) is 26.3 Å². The minimum Gasteiger partial charge on any atom is -0.474 e. The van der Waals surface area contributed by atoms with Gasteiger partial charge in [-0.3, -0.25) is 0 Å². The first kappa shape index (κ1) is 15.0. The van der Waals surface area contributed by atoms with Gasteiger partial charge in [0, 0.05) is 0 Å². The van der Waals surface area contributed by atoms with Crippen molar-refractivity contribution in [3.63, 3.8) is 0 Å². The molecule has 1 aliphatic rings. The molecule has 0 bridgehead atoms. The lowest BCUT2D eigenvalue weighted by Gasteiger charge is -2.22. The van der Waals surface area contributed by atoms with Crippen LogP contribution in [0.5, 0.6) is 11.8 Å². The zero-order chi connectivity index (χ0) is 15.2. The summed E-state index contributed by atoms with van der Waals surface area (Å²) in [6.45, 7) is 5.39. The van der Waals surface area contributed by atoms with Gasteiger partial charge in [0.25, 0.3) is 11.8 Å². The molecule has 0 aliphatic carbocycles. The minimum atomic E-state index is 0.492. The van der Waals surface area contributed by atoms with Gasteiger partial charge in [0.2, 0.25) is 0 Å². The van der Waals surface area contributed by atoms with Crippen molar-refractivity contribution in [1.29, 1.82) is 0 Å². The van der Waals surface area contributed by atoms with Crippen molar-refractivity contribution in [2.45, 2.75) is 26.2 Å². The maximum absolute atomic E-state index is 5.88. The van der Waals surface area contributed by atoms with Crippen LogP contribution in [0.4, 0.5) is 0 Å². The molecule has 0 amide bonds. The van der Waals surface area contributed by atoms with Crippen LogP contribution in [0.15, 0.2) is 24.3 Å². The smallest absolute Gasteiger partial charge is 0.278 e. The van der Waals surface area contributed by atoms with Crippen LogP contribution in [-0.4, -0.2) is 36.3 Å². The first-order valence-electron chi connectivity index (χ1n) is 8.10. The van der Waals surface area contributed by atoms with E-state index in [0.717, 1.165) is 36.5 Å². The number of hydrogen-bond donors (Lipinski definition) is 1. The Hall–Kier alpha value is -1.88. The lowest BCUT2D eigenvalue weighted by atomic mass is 9.95. The molecule has 1 aliphatic heterocycles. The van der Waals surface area contributed by atoms with Crippen LogP contribution in [0.3, 0.4) is 0 Å². The number of aromatic nitrogens is 2. The van der Waals surface area contributed by atoms with Gasteiger partial charge < -0.3 is 14.8 Å². The summed E-state index contributed by atoms with van der Waals surface area (Å²) in [4.78, 5) is 9.06. The van der Waals surface area contributed by atoms with E-state index in [1.165, 1.54) is 12.8 Å². The Balaban J connectivity index is 1.69. The van der Waals surface area contributed by atoms with Crippen molar-refractivity contribution in [1.82, 2.24) is 15.3 Å². The largest absolute Gasteiger partial charge is 0.474 e. The van der Waals surface area contributed by atoms with Gasteiger partial charge in [-0.2, -0.15) is 0 Å². The summed E-state index contributed by atoms with van der Waals surface area (Å²) in [7, 11) is 0. The highest BCUT2D eigenvalue weighted by atomic mass is 16.5. The average molecular weight is 301 g/mol. The number of piperidine rings is 1. The lowest BCUT2D eigenvalue weighted by Crippen LogP contribution is -2.28. The van der Waals surface area contributed by atoms with E-state index in [1.54, 1.807) is 0 Å². The molecule has 0 unspecified atom stereocenters. The van der Waals surface area contributed by atoms with Gasteiger partial charge in [-0.1, -0.05) is 12.1 Å². The Morgan fingerprint density at radius 1 is 1.05 bits per heavy atom. The zero-order valence-electron chi connectivity index (χ0n) is 13.0. The minimum absolute atomic E-state index is 0.492. The Bertz CT molecular complexity index is 612.